The molecule has 7 nitrogen and oxygen atoms in total. The van der Waals surface area contributed by atoms with Crippen molar-refractivity contribution in [1.82, 2.24) is 20.0 Å². The summed E-state index contributed by atoms with van der Waals surface area (Å²) in [4.78, 5) is 21.2. The predicted molar refractivity (Wildman–Crippen MR) is 117 cm³/mol. The number of nitrogens with one attached hydrogen (secondary N) is 1. The number of hydrogen-bond acceptors (Lipinski definition) is 3. The lowest BCUT2D eigenvalue weighted by Gasteiger charge is -2.30. The van der Waals surface area contributed by atoms with Crippen molar-refractivity contribution < 1.29 is 4.79 Å². The first-order chi connectivity index (χ1) is 13.9. The highest BCUT2D eigenvalue weighted by atomic mass is 16.2. The number of para-hydroxylation sites is 1. The lowest BCUT2D eigenvalue weighted by Crippen LogP contribution is -2.46. The zero-order chi connectivity index (χ0) is 21.0. The first-order valence-electron chi connectivity index (χ1n) is 10.2. The van der Waals surface area contributed by atoms with Crippen LogP contribution in [0.15, 0.2) is 35.5 Å². The third kappa shape index (κ3) is 4.78. The number of anilines is 1. The minimum absolute atomic E-state index is 0.0657. The largest absolute Gasteiger partial charge is 0.347 e. The second kappa shape index (κ2) is 9.11. The lowest BCUT2D eigenvalue weighted by atomic mass is 10.0. The van der Waals surface area contributed by atoms with Crippen LogP contribution in [-0.2, 0) is 24.8 Å². The number of carbonyl (C=O) groups excluding carboxylic acids is 1. The third-order valence-electron chi connectivity index (χ3n) is 5.27. The summed E-state index contributed by atoms with van der Waals surface area (Å²) in [5.41, 5.74) is 4.54. The summed E-state index contributed by atoms with van der Waals surface area (Å²) in [7, 11) is 5.66. The number of aryl methyl sites for hydroxylation is 2. The van der Waals surface area contributed by atoms with E-state index in [2.05, 4.69) is 41.5 Å². The molecule has 0 unspecified atom stereocenters. The first-order valence-corrected chi connectivity index (χ1v) is 10.2. The van der Waals surface area contributed by atoms with E-state index in [0.717, 1.165) is 30.8 Å². The highest BCUT2D eigenvalue weighted by Crippen LogP contribution is 2.26. The number of carbonyl (C=O) groups is 1. The van der Waals surface area contributed by atoms with E-state index >= 15 is 0 Å². The van der Waals surface area contributed by atoms with E-state index in [4.69, 9.17) is 0 Å². The van der Waals surface area contributed by atoms with E-state index < -0.39 is 0 Å². The highest BCUT2D eigenvalue weighted by molar-refractivity contribution is 5.98. The van der Waals surface area contributed by atoms with Crippen molar-refractivity contribution >= 4 is 17.6 Å². The lowest BCUT2D eigenvalue weighted by molar-refractivity contribution is -0.117. The van der Waals surface area contributed by atoms with Crippen molar-refractivity contribution in [2.75, 3.05) is 32.1 Å². The monoisotopic (exact) mass is 396 g/mol. The predicted octanol–water partition coefficient (Wildman–Crippen LogP) is 2.53. The van der Waals surface area contributed by atoms with Gasteiger partial charge in [0.1, 0.15) is 0 Å². The fourth-order valence-electron chi connectivity index (χ4n) is 3.92. The van der Waals surface area contributed by atoms with E-state index in [9.17, 15) is 4.79 Å². The normalized spacial score (nSPS) is 14.1. The van der Waals surface area contributed by atoms with Crippen LogP contribution in [0.5, 0.6) is 0 Å². The van der Waals surface area contributed by atoms with Gasteiger partial charge in [0.2, 0.25) is 5.91 Å². The molecule has 0 saturated carbocycles. The van der Waals surface area contributed by atoms with Crippen LogP contribution in [0.4, 0.5) is 5.69 Å². The molecule has 0 spiro atoms. The zero-order valence-corrected chi connectivity index (χ0v) is 18.1. The molecule has 3 rings (SSSR count). The minimum Gasteiger partial charge on any atom is -0.347 e. The summed E-state index contributed by atoms with van der Waals surface area (Å²) in [5.74, 6) is 1.12. The van der Waals surface area contributed by atoms with Gasteiger partial charge in [0, 0.05) is 51.7 Å². The topological polar surface area (TPSA) is 65.8 Å². The maximum Gasteiger partial charge on any atom is 0.246 e. The molecule has 1 N–H and O–H groups in total. The fraction of sp³-hybridized carbons (Fsp3) is 0.500. The van der Waals surface area contributed by atoms with Gasteiger partial charge in [0.05, 0.1) is 12.2 Å². The number of hydrogen-bond donors (Lipinski definition) is 1. The fourth-order valence-corrected chi connectivity index (χ4v) is 3.92. The molecule has 0 radical (unpaired) electrons. The maximum absolute atomic E-state index is 12.9. The van der Waals surface area contributed by atoms with Crippen LogP contribution in [-0.4, -0.2) is 53.7 Å². The van der Waals surface area contributed by atoms with Crippen molar-refractivity contribution in [1.29, 1.82) is 0 Å². The average molecular weight is 397 g/mol. The zero-order valence-electron chi connectivity index (χ0n) is 18.1. The number of aromatic nitrogens is 2. The number of guanidine groups is 1. The summed E-state index contributed by atoms with van der Waals surface area (Å²) in [6, 6.07) is 8.16. The van der Waals surface area contributed by atoms with Crippen LogP contribution in [0.1, 0.15) is 43.0 Å². The maximum atomic E-state index is 12.9. The molecule has 0 aliphatic carbocycles. The molecule has 156 valence electrons. The number of aliphatic imine (C=N–C) groups is 1. The van der Waals surface area contributed by atoms with Gasteiger partial charge in [-0.2, -0.15) is 5.10 Å². The Morgan fingerprint density at radius 1 is 1.34 bits per heavy atom. The Labute approximate surface area is 173 Å². The van der Waals surface area contributed by atoms with Crippen LogP contribution in [0.3, 0.4) is 0 Å². The highest BCUT2D eigenvalue weighted by Gasteiger charge is 2.22. The standard InChI is InChI=1S/C22H32N6O/c1-16(2)21-18(15-27(5)25-21)14-26(4)22(23-3)24-13-20(29)28-12-8-10-17-9-6-7-11-19(17)28/h6-7,9,11,15-16H,8,10,12-14H2,1-5H3,(H,23,24). The summed E-state index contributed by atoms with van der Waals surface area (Å²) in [6.07, 6.45) is 4.08. The second-order valence-electron chi connectivity index (χ2n) is 7.90. The number of fused-ring (bicyclic) bond motifs is 1. The van der Waals surface area contributed by atoms with E-state index in [-0.39, 0.29) is 12.5 Å². The average Bonchev–Trinajstić information content (AvgIpc) is 3.08. The molecule has 1 aromatic heterocycles. The number of benzene rings is 1. The minimum atomic E-state index is 0.0657. The Balaban J connectivity index is 1.63. The van der Waals surface area contributed by atoms with Crippen LogP contribution in [0.2, 0.25) is 0 Å². The molecule has 0 saturated heterocycles. The van der Waals surface area contributed by atoms with Gasteiger partial charge in [0.15, 0.2) is 5.96 Å². The molecule has 0 bridgehead atoms. The van der Waals surface area contributed by atoms with Crippen molar-refractivity contribution in [3.05, 3.63) is 47.3 Å². The van der Waals surface area contributed by atoms with Crippen LogP contribution in [0, 0.1) is 0 Å². The molecule has 0 atom stereocenters. The number of nitrogens with zero attached hydrogens (tertiary/aromatic N) is 5. The summed E-state index contributed by atoms with van der Waals surface area (Å²) < 4.78 is 1.85. The van der Waals surface area contributed by atoms with Crippen LogP contribution < -0.4 is 10.2 Å². The summed E-state index contributed by atoms with van der Waals surface area (Å²) in [6.45, 7) is 5.96. The Bertz CT molecular complexity index is 885. The quantitative estimate of drug-likeness (QED) is 0.623. The SMILES string of the molecule is CN=C(NCC(=O)N1CCCc2ccccc21)N(C)Cc1cn(C)nc1C(C)C. The number of amides is 1. The molecule has 1 aromatic carbocycles. The van der Waals surface area contributed by atoms with Crippen LogP contribution in [0.25, 0.3) is 0 Å². The summed E-state index contributed by atoms with van der Waals surface area (Å²) >= 11 is 0. The van der Waals surface area contributed by atoms with Crippen molar-refractivity contribution in [3.8, 4) is 0 Å². The van der Waals surface area contributed by atoms with Gasteiger partial charge in [0.25, 0.3) is 0 Å². The first kappa shape index (κ1) is 20.9. The Hall–Kier alpha value is -2.83. The molecule has 7 heteroatoms. The van der Waals surface area contributed by atoms with Gasteiger partial charge >= 0.3 is 0 Å². The number of rotatable bonds is 5. The molecule has 1 aliphatic heterocycles. The summed E-state index contributed by atoms with van der Waals surface area (Å²) in [5, 5.41) is 7.80. The van der Waals surface area contributed by atoms with Crippen molar-refractivity contribution in [2.45, 2.75) is 39.2 Å². The van der Waals surface area contributed by atoms with Crippen LogP contribution >= 0.6 is 0 Å². The molecule has 2 heterocycles. The van der Waals surface area contributed by atoms with Gasteiger partial charge in [-0.15, -0.1) is 0 Å². The van der Waals surface area contributed by atoms with Gasteiger partial charge in [-0.05, 0) is 30.4 Å². The Morgan fingerprint density at radius 3 is 2.83 bits per heavy atom. The van der Waals surface area contributed by atoms with Crippen molar-refractivity contribution in [2.24, 2.45) is 12.0 Å². The van der Waals surface area contributed by atoms with E-state index in [0.29, 0.717) is 18.4 Å². The van der Waals surface area contributed by atoms with Gasteiger partial charge in [-0.3, -0.25) is 14.5 Å². The van der Waals surface area contributed by atoms with Gasteiger partial charge < -0.3 is 15.1 Å². The Morgan fingerprint density at radius 2 is 2.10 bits per heavy atom. The van der Waals surface area contributed by atoms with Crippen molar-refractivity contribution in [3.63, 3.8) is 0 Å². The molecule has 1 amide bonds. The van der Waals surface area contributed by atoms with Gasteiger partial charge in [-0.1, -0.05) is 32.0 Å². The second-order valence-corrected chi connectivity index (χ2v) is 7.90. The molecule has 1 aliphatic rings. The molecule has 0 fully saturated rings. The molecular weight excluding hydrogens is 364 g/mol. The van der Waals surface area contributed by atoms with E-state index in [1.165, 1.54) is 11.1 Å². The third-order valence-corrected chi connectivity index (χ3v) is 5.27. The molecule has 2 aromatic rings. The smallest absolute Gasteiger partial charge is 0.246 e. The Kier molecular flexibility index (Phi) is 6.56. The van der Waals surface area contributed by atoms with E-state index in [1.807, 2.05) is 46.8 Å². The molecule has 29 heavy (non-hydrogen) atoms. The van der Waals surface area contributed by atoms with E-state index in [1.54, 1.807) is 7.05 Å². The molecular formula is C22H32N6O. The van der Waals surface area contributed by atoms with Gasteiger partial charge in [-0.25, -0.2) is 0 Å².